The van der Waals surface area contributed by atoms with Crippen molar-refractivity contribution in [3.63, 3.8) is 0 Å². The molecule has 0 amide bonds. The van der Waals surface area contributed by atoms with E-state index in [4.69, 9.17) is 16.6 Å². The van der Waals surface area contributed by atoms with E-state index < -0.39 is 0 Å². The average Bonchev–Trinajstić information content (AvgIpc) is 2.61. The van der Waals surface area contributed by atoms with Crippen molar-refractivity contribution in [1.29, 1.82) is 0 Å². The maximum Gasteiger partial charge on any atom is 0.0781 e. The minimum absolute atomic E-state index is 0.687. The van der Waals surface area contributed by atoms with E-state index in [1.54, 1.807) is 0 Å². The second-order valence-electron chi connectivity index (χ2n) is 5.75. The molecule has 0 aliphatic carbocycles. The van der Waals surface area contributed by atoms with Crippen molar-refractivity contribution in [3.8, 4) is 0 Å². The highest BCUT2D eigenvalue weighted by molar-refractivity contribution is 6.30. The van der Waals surface area contributed by atoms with Crippen LogP contribution in [0.3, 0.4) is 0 Å². The van der Waals surface area contributed by atoms with Crippen molar-refractivity contribution in [3.05, 3.63) is 95.0 Å². The zero-order chi connectivity index (χ0) is 16.9. The van der Waals surface area contributed by atoms with E-state index in [9.17, 15) is 0 Å². The lowest BCUT2D eigenvalue weighted by Gasteiger charge is -2.14. The van der Waals surface area contributed by atoms with Crippen LogP contribution in [0.4, 0.5) is 11.4 Å². The Morgan fingerprint density at radius 2 is 1.46 bits per heavy atom. The van der Waals surface area contributed by atoms with Gasteiger partial charge in [0.2, 0.25) is 0 Å². The molecule has 0 saturated heterocycles. The van der Waals surface area contributed by atoms with Crippen LogP contribution in [-0.4, -0.2) is 19.8 Å². The molecule has 24 heavy (non-hydrogen) atoms. The SMILES string of the molecule is CN(C)c1ccc(C(=Nc2cccc(Cl)c2)c2ccccc2)cc1. The fraction of sp³-hybridized carbons (Fsp3) is 0.0952. The number of anilines is 1. The van der Waals surface area contributed by atoms with Crippen LogP contribution in [-0.2, 0) is 0 Å². The van der Waals surface area contributed by atoms with Gasteiger partial charge in [-0.15, -0.1) is 0 Å². The van der Waals surface area contributed by atoms with Gasteiger partial charge in [-0.1, -0.05) is 60.1 Å². The van der Waals surface area contributed by atoms with E-state index in [-0.39, 0.29) is 0 Å². The molecule has 0 bridgehead atoms. The lowest BCUT2D eigenvalue weighted by molar-refractivity contribution is 1.13. The first-order chi connectivity index (χ1) is 11.6. The van der Waals surface area contributed by atoms with Crippen LogP contribution >= 0.6 is 11.6 Å². The highest BCUT2D eigenvalue weighted by Crippen LogP contribution is 2.22. The van der Waals surface area contributed by atoms with Crippen LogP contribution in [0.2, 0.25) is 5.02 Å². The van der Waals surface area contributed by atoms with E-state index in [1.807, 2.05) is 56.6 Å². The molecule has 0 aliphatic heterocycles. The molecule has 0 aromatic heterocycles. The van der Waals surface area contributed by atoms with Crippen molar-refractivity contribution in [2.45, 2.75) is 0 Å². The van der Waals surface area contributed by atoms with Crippen molar-refractivity contribution in [2.75, 3.05) is 19.0 Å². The van der Waals surface area contributed by atoms with Crippen molar-refractivity contribution in [1.82, 2.24) is 0 Å². The van der Waals surface area contributed by atoms with Crippen molar-refractivity contribution >= 4 is 28.7 Å². The predicted molar refractivity (Wildman–Crippen MR) is 104 cm³/mol. The van der Waals surface area contributed by atoms with Crippen molar-refractivity contribution < 1.29 is 0 Å². The Labute approximate surface area is 148 Å². The Morgan fingerprint density at radius 1 is 0.792 bits per heavy atom. The Morgan fingerprint density at radius 3 is 2.08 bits per heavy atom. The lowest BCUT2D eigenvalue weighted by atomic mass is 10.0. The zero-order valence-corrected chi connectivity index (χ0v) is 14.5. The van der Waals surface area contributed by atoms with E-state index in [2.05, 4.69) is 41.3 Å². The van der Waals surface area contributed by atoms with Gasteiger partial charge in [0.05, 0.1) is 11.4 Å². The third-order valence-corrected chi connectivity index (χ3v) is 3.99. The molecule has 0 unspecified atom stereocenters. The molecule has 0 spiro atoms. The molecule has 120 valence electrons. The normalized spacial score (nSPS) is 11.4. The molecule has 0 fully saturated rings. The summed E-state index contributed by atoms with van der Waals surface area (Å²) < 4.78 is 0. The Bertz CT molecular complexity index is 837. The number of nitrogens with zero attached hydrogens (tertiary/aromatic N) is 2. The number of aliphatic imine (C=N–C) groups is 1. The molecular weight excluding hydrogens is 316 g/mol. The average molecular weight is 335 g/mol. The predicted octanol–water partition coefficient (Wildman–Crippen LogP) is 5.58. The third kappa shape index (κ3) is 3.84. The maximum atomic E-state index is 6.10. The molecule has 3 aromatic rings. The van der Waals surface area contributed by atoms with E-state index >= 15 is 0 Å². The summed E-state index contributed by atoms with van der Waals surface area (Å²) in [7, 11) is 4.07. The Kier molecular flexibility index (Phi) is 4.97. The first-order valence-corrected chi connectivity index (χ1v) is 8.19. The molecule has 3 rings (SSSR count). The minimum atomic E-state index is 0.687. The summed E-state index contributed by atoms with van der Waals surface area (Å²) in [4.78, 5) is 6.94. The molecular formula is C21H19ClN2. The summed E-state index contributed by atoms with van der Waals surface area (Å²) >= 11 is 6.10. The number of hydrogen-bond donors (Lipinski definition) is 0. The zero-order valence-electron chi connectivity index (χ0n) is 13.8. The van der Waals surface area contributed by atoms with E-state index in [1.165, 1.54) is 0 Å². The van der Waals surface area contributed by atoms with Crippen LogP contribution in [0.1, 0.15) is 11.1 Å². The van der Waals surface area contributed by atoms with E-state index in [0.717, 1.165) is 28.2 Å². The molecule has 0 radical (unpaired) electrons. The highest BCUT2D eigenvalue weighted by atomic mass is 35.5. The molecule has 0 atom stereocenters. The molecule has 3 heteroatoms. The lowest BCUT2D eigenvalue weighted by Crippen LogP contribution is -2.09. The quantitative estimate of drug-likeness (QED) is 0.569. The fourth-order valence-corrected chi connectivity index (χ4v) is 2.67. The van der Waals surface area contributed by atoms with Gasteiger partial charge < -0.3 is 4.90 Å². The van der Waals surface area contributed by atoms with E-state index in [0.29, 0.717) is 5.02 Å². The fourth-order valence-electron chi connectivity index (χ4n) is 2.48. The van der Waals surface area contributed by atoms with Gasteiger partial charge in [-0.3, -0.25) is 0 Å². The van der Waals surface area contributed by atoms with Crippen LogP contribution in [0, 0.1) is 0 Å². The van der Waals surface area contributed by atoms with Gasteiger partial charge in [-0.05, 0) is 30.3 Å². The molecule has 0 aliphatic rings. The highest BCUT2D eigenvalue weighted by Gasteiger charge is 2.08. The summed E-state index contributed by atoms with van der Waals surface area (Å²) in [5, 5.41) is 0.687. The maximum absolute atomic E-state index is 6.10. The van der Waals surface area contributed by atoms with Crippen LogP contribution < -0.4 is 4.90 Å². The Balaban J connectivity index is 2.09. The standard InChI is InChI=1S/C21H19ClN2/c1-24(2)20-13-11-17(12-14-20)21(16-7-4-3-5-8-16)23-19-10-6-9-18(22)15-19/h3-15H,1-2H3. The van der Waals surface area contributed by atoms with Crippen LogP contribution in [0.15, 0.2) is 83.9 Å². The number of hydrogen-bond acceptors (Lipinski definition) is 2. The summed E-state index contributed by atoms with van der Waals surface area (Å²) in [6.07, 6.45) is 0. The van der Waals surface area contributed by atoms with Gasteiger partial charge in [0.1, 0.15) is 0 Å². The van der Waals surface area contributed by atoms with Gasteiger partial charge in [-0.2, -0.15) is 0 Å². The first kappa shape index (κ1) is 16.3. The minimum Gasteiger partial charge on any atom is -0.378 e. The molecule has 0 heterocycles. The summed E-state index contributed by atoms with van der Waals surface area (Å²) in [6.45, 7) is 0. The Hall–Kier alpha value is -2.58. The van der Waals surface area contributed by atoms with Gasteiger partial charge in [-0.25, -0.2) is 4.99 Å². The molecule has 0 saturated carbocycles. The summed E-state index contributed by atoms with van der Waals surface area (Å²) in [6, 6.07) is 26.2. The first-order valence-electron chi connectivity index (χ1n) is 7.81. The van der Waals surface area contributed by atoms with Gasteiger partial charge in [0.25, 0.3) is 0 Å². The molecule has 0 N–H and O–H groups in total. The number of benzene rings is 3. The molecule has 3 aromatic carbocycles. The molecule has 2 nitrogen and oxygen atoms in total. The summed E-state index contributed by atoms with van der Waals surface area (Å²) in [5.41, 5.74) is 5.09. The van der Waals surface area contributed by atoms with Gasteiger partial charge in [0, 0.05) is 35.9 Å². The summed E-state index contributed by atoms with van der Waals surface area (Å²) in [5.74, 6) is 0. The van der Waals surface area contributed by atoms with Gasteiger partial charge in [0.15, 0.2) is 0 Å². The number of rotatable bonds is 4. The second-order valence-corrected chi connectivity index (χ2v) is 6.18. The smallest absolute Gasteiger partial charge is 0.0781 e. The number of halogens is 1. The van der Waals surface area contributed by atoms with Crippen molar-refractivity contribution in [2.24, 2.45) is 4.99 Å². The van der Waals surface area contributed by atoms with Gasteiger partial charge >= 0.3 is 0 Å². The third-order valence-electron chi connectivity index (χ3n) is 3.75. The second kappa shape index (κ2) is 7.33. The monoisotopic (exact) mass is 334 g/mol. The van der Waals surface area contributed by atoms with Crippen LogP contribution in [0.25, 0.3) is 0 Å². The largest absolute Gasteiger partial charge is 0.378 e. The topological polar surface area (TPSA) is 15.6 Å². The van der Waals surface area contributed by atoms with Crippen LogP contribution in [0.5, 0.6) is 0 Å².